The first kappa shape index (κ1) is 16.1. The van der Waals surface area contributed by atoms with Crippen LogP contribution in [0.25, 0.3) is 0 Å². The Balaban J connectivity index is 2.58. The quantitative estimate of drug-likeness (QED) is 0.648. The van der Waals surface area contributed by atoms with Crippen LogP contribution in [0.4, 0.5) is 0 Å². The zero-order valence-corrected chi connectivity index (χ0v) is 12.0. The number of benzene rings is 1. The van der Waals surface area contributed by atoms with E-state index in [0.29, 0.717) is 5.56 Å². The molecule has 0 unspecified atom stereocenters. The SMILES string of the molecule is CC(C)NC(=O)C(=O)NCc1ccc(S(N)(=O)=O)cc1. The second kappa shape index (κ2) is 6.49. The van der Waals surface area contributed by atoms with Crippen LogP contribution in [0, 0.1) is 0 Å². The Bertz CT molecular complexity index is 594. The number of carbonyl (C=O) groups excluding carboxylic acids is 2. The van der Waals surface area contributed by atoms with E-state index in [0.717, 1.165) is 0 Å². The molecular formula is C12H17N3O4S. The lowest BCUT2D eigenvalue weighted by atomic mass is 10.2. The largest absolute Gasteiger partial charge is 0.346 e. The molecule has 0 radical (unpaired) electrons. The van der Waals surface area contributed by atoms with Crippen molar-refractivity contribution >= 4 is 21.8 Å². The zero-order valence-electron chi connectivity index (χ0n) is 11.2. The molecule has 0 saturated carbocycles. The average Bonchev–Trinajstić information content (AvgIpc) is 2.34. The van der Waals surface area contributed by atoms with E-state index in [9.17, 15) is 18.0 Å². The van der Waals surface area contributed by atoms with E-state index in [4.69, 9.17) is 5.14 Å². The lowest BCUT2D eigenvalue weighted by molar-refractivity contribution is -0.139. The van der Waals surface area contributed by atoms with Crippen molar-refractivity contribution in [1.82, 2.24) is 10.6 Å². The zero-order chi connectivity index (χ0) is 15.3. The molecule has 4 N–H and O–H groups in total. The van der Waals surface area contributed by atoms with Crippen molar-refractivity contribution in [2.75, 3.05) is 0 Å². The van der Waals surface area contributed by atoms with Gasteiger partial charge in [-0.1, -0.05) is 12.1 Å². The minimum Gasteiger partial charge on any atom is -0.346 e. The lowest BCUT2D eigenvalue weighted by Crippen LogP contribution is -2.42. The van der Waals surface area contributed by atoms with Crippen molar-refractivity contribution in [3.8, 4) is 0 Å². The van der Waals surface area contributed by atoms with Gasteiger partial charge in [0.15, 0.2) is 0 Å². The molecule has 0 fully saturated rings. The maximum atomic E-state index is 11.4. The molecule has 0 saturated heterocycles. The van der Waals surface area contributed by atoms with Crippen LogP contribution >= 0.6 is 0 Å². The molecule has 8 heteroatoms. The van der Waals surface area contributed by atoms with Crippen molar-refractivity contribution in [3.63, 3.8) is 0 Å². The Morgan fingerprint density at radius 1 is 1.15 bits per heavy atom. The molecule has 1 aromatic carbocycles. The number of amides is 2. The monoisotopic (exact) mass is 299 g/mol. The van der Waals surface area contributed by atoms with E-state index in [2.05, 4.69) is 10.6 Å². The standard InChI is InChI=1S/C12H17N3O4S/c1-8(2)15-12(17)11(16)14-7-9-3-5-10(6-4-9)20(13,18)19/h3-6,8H,7H2,1-2H3,(H,14,16)(H,15,17)(H2,13,18,19). The van der Waals surface area contributed by atoms with Crippen LogP contribution < -0.4 is 15.8 Å². The Hall–Kier alpha value is -1.93. The summed E-state index contributed by atoms with van der Waals surface area (Å²) in [6.45, 7) is 3.61. The van der Waals surface area contributed by atoms with Crippen LogP contribution in [-0.4, -0.2) is 26.3 Å². The number of hydrogen-bond donors (Lipinski definition) is 3. The summed E-state index contributed by atoms with van der Waals surface area (Å²) in [5.74, 6) is -1.45. The molecule has 1 aromatic rings. The molecule has 0 bridgehead atoms. The van der Waals surface area contributed by atoms with Crippen LogP contribution in [0.15, 0.2) is 29.2 Å². The van der Waals surface area contributed by atoms with Gasteiger partial charge in [-0.15, -0.1) is 0 Å². The number of carbonyl (C=O) groups is 2. The summed E-state index contributed by atoms with van der Waals surface area (Å²) in [5.41, 5.74) is 0.656. The summed E-state index contributed by atoms with van der Waals surface area (Å²) in [6, 6.07) is 5.58. The molecule has 20 heavy (non-hydrogen) atoms. The van der Waals surface area contributed by atoms with Gasteiger partial charge in [0, 0.05) is 12.6 Å². The summed E-state index contributed by atoms with van der Waals surface area (Å²) in [5, 5.41) is 9.86. The van der Waals surface area contributed by atoms with Crippen molar-refractivity contribution in [2.24, 2.45) is 5.14 Å². The molecule has 0 aliphatic carbocycles. The van der Waals surface area contributed by atoms with Gasteiger partial charge >= 0.3 is 11.8 Å². The number of sulfonamides is 1. The van der Waals surface area contributed by atoms with Crippen molar-refractivity contribution in [1.29, 1.82) is 0 Å². The van der Waals surface area contributed by atoms with Gasteiger partial charge in [-0.05, 0) is 31.5 Å². The molecule has 110 valence electrons. The molecule has 0 atom stereocenters. The van der Waals surface area contributed by atoms with Crippen LogP contribution in [0.2, 0.25) is 0 Å². The third kappa shape index (κ3) is 4.98. The summed E-state index contributed by atoms with van der Waals surface area (Å²) >= 11 is 0. The normalized spacial score (nSPS) is 11.2. The van der Waals surface area contributed by atoms with E-state index < -0.39 is 21.8 Å². The summed E-state index contributed by atoms with van der Waals surface area (Å²) in [4.78, 5) is 22.8. The molecular weight excluding hydrogens is 282 g/mol. The molecule has 0 aliphatic rings. The Kier molecular flexibility index (Phi) is 5.23. The molecule has 1 rings (SSSR count). The van der Waals surface area contributed by atoms with Crippen LogP contribution in [-0.2, 0) is 26.2 Å². The number of rotatable bonds is 4. The van der Waals surface area contributed by atoms with Crippen LogP contribution in [0.1, 0.15) is 19.4 Å². The van der Waals surface area contributed by atoms with E-state index in [1.54, 1.807) is 13.8 Å². The second-order valence-electron chi connectivity index (χ2n) is 4.50. The topological polar surface area (TPSA) is 118 Å². The number of primary sulfonamides is 1. The number of nitrogens with one attached hydrogen (secondary N) is 2. The van der Waals surface area contributed by atoms with Gasteiger partial charge in [-0.3, -0.25) is 9.59 Å². The molecule has 0 aromatic heterocycles. The van der Waals surface area contributed by atoms with Gasteiger partial charge in [0.05, 0.1) is 4.90 Å². The second-order valence-corrected chi connectivity index (χ2v) is 6.06. The predicted octanol–water partition coefficient (Wildman–Crippen LogP) is -0.525. The van der Waals surface area contributed by atoms with Crippen LogP contribution in [0.5, 0.6) is 0 Å². The molecule has 2 amide bonds. The van der Waals surface area contributed by atoms with Gasteiger partial charge < -0.3 is 10.6 Å². The first-order valence-electron chi connectivity index (χ1n) is 5.90. The number of nitrogens with two attached hydrogens (primary N) is 1. The fourth-order valence-electron chi connectivity index (χ4n) is 1.39. The summed E-state index contributed by atoms with van der Waals surface area (Å²) in [6.07, 6.45) is 0. The highest BCUT2D eigenvalue weighted by atomic mass is 32.2. The molecule has 0 heterocycles. The summed E-state index contributed by atoms with van der Waals surface area (Å²) < 4.78 is 22.1. The first-order valence-corrected chi connectivity index (χ1v) is 7.45. The maximum Gasteiger partial charge on any atom is 0.309 e. The van der Waals surface area contributed by atoms with E-state index in [1.165, 1.54) is 24.3 Å². The first-order chi connectivity index (χ1) is 9.20. The molecule has 0 aliphatic heterocycles. The van der Waals surface area contributed by atoms with E-state index in [1.807, 2.05) is 0 Å². The van der Waals surface area contributed by atoms with Crippen molar-refractivity contribution < 1.29 is 18.0 Å². The lowest BCUT2D eigenvalue weighted by Gasteiger charge is -2.09. The Morgan fingerprint density at radius 3 is 2.15 bits per heavy atom. The fraction of sp³-hybridized carbons (Fsp3) is 0.333. The van der Waals surface area contributed by atoms with Gasteiger partial charge in [0.25, 0.3) is 0 Å². The van der Waals surface area contributed by atoms with Gasteiger partial charge in [-0.25, -0.2) is 13.6 Å². The Morgan fingerprint density at radius 2 is 1.70 bits per heavy atom. The van der Waals surface area contributed by atoms with Gasteiger partial charge in [0.1, 0.15) is 0 Å². The van der Waals surface area contributed by atoms with Crippen molar-refractivity contribution in [2.45, 2.75) is 31.3 Å². The summed E-state index contributed by atoms with van der Waals surface area (Å²) in [7, 11) is -3.73. The minimum atomic E-state index is -3.73. The van der Waals surface area contributed by atoms with Crippen molar-refractivity contribution in [3.05, 3.63) is 29.8 Å². The maximum absolute atomic E-state index is 11.4. The van der Waals surface area contributed by atoms with Gasteiger partial charge in [-0.2, -0.15) is 0 Å². The molecule has 7 nitrogen and oxygen atoms in total. The minimum absolute atomic E-state index is 0.00914. The van der Waals surface area contributed by atoms with E-state index in [-0.39, 0.29) is 17.5 Å². The van der Waals surface area contributed by atoms with Gasteiger partial charge in [0.2, 0.25) is 10.0 Å². The third-order valence-corrected chi connectivity index (χ3v) is 3.26. The highest BCUT2D eigenvalue weighted by molar-refractivity contribution is 7.89. The van der Waals surface area contributed by atoms with Crippen LogP contribution in [0.3, 0.4) is 0 Å². The highest BCUT2D eigenvalue weighted by Gasteiger charge is 2.13. The Labute approximate surface area is 117 Å². The average molecular weight is 299 g/mol. The third-order valence-electron chi connectivity index (χ3n) is 2.33. The van der Waals surface area contributed by atoms with E-state index >= 15 is 0 Å². The fourth-order valence-corrected chi connectivity index (χ4v) is 1.90. The predicted molar refractivity (Wildman–Crippen MR) is 72.9 cm³/mol. The molecule has 0 spiro atoms. The number of hydrogen-bond acceptors (Lipinski definition) is 4. The highest BCUT2D eigenvalue weighted by Crippen LogP contribution is 2.08. The smallest absolute Gasteiger partial charge is 0.309 e.